The predicted octanol–water partition coefficient (Wildman–Crippen LogP) is 3.49. The number of carbonyl (C=O) groups is 2. The lowest BCUT2D eigenvalue weighted by atomic mass is 9.98. The molecule has 6 nitrogen and oxygen atoms in total. The Hall–Kier alpha value is -2.09. The molecule has 2 atom stereocenters. The molecule has 1 saturated heterocycles. The standard InChI is InChI=1S/C17H17ClN4O2S/c18-8-1-3-9(4-2-8)21-17(24)22-16-14(15(19)23)13-11-6-5-10(20-11)7-12(13)25-16/h1-4,10-11,20H,5-7H2,(H2,19,23)(H2,21,22,24). The summed E-state index contributed by atoms with van der Waals surface area (Å²) in [6.07, 6.45) is 2.96. The Morgan fingerprint density at radius 2 is 1.96 bits per heavy atom. The van der Waals surface area contributed by atoms with E-state index in [4.69, 9.17) is 17.3 Å². The highest BCUT2D eigenvalue weighted by Crippen LogP contribution is 2.45. The van der Waals surface area contributed by atoms with Crippen LogP contribution in [0.1, 0.15) is 39.7 Å². The van der Waals surface area contributed by atoms with Crippen molar-refractivity contribution in [1.82, 2.24) is 5.32 Å². The molecule has 5 N–H and O–H groups in total. The molecule has 2 bridgehead atoms. The third-order valence-corrected chi connectivity index (χ3v) is 6.01. The average Bonchev–Trinajstić information content (AvgIpc) is 3.11. The number of amides is 3. The van der Waals surface area contributed by atoms with Gasteiger partial charge in [0.1, 0.15) is 5.00 Å². The number of hydrogen-bond acceptors (Lipinski definition) is 4. The van der Waals surface area contributed by atoms with E-state index in [9.17, 15) is 9.59 Å². The molecule has 3 heterocycles. The summed E-state index contributed by atoms with van der Waals surface area (Å²) in [5, 5.41) is 10.1. The summed E-state index contributed by atoms with van der Waals surface area (Å²) in [5.41, 5.74) is 7.63. The Morgan fingerprint density at radius 1 is 1.20 bits per heavy atom. The van der Waals surface area contributed by atoms with Crippen LogP contribution < -0.4 is 21.7 Å². The molecule has 25 heavy (non-hydrogen) atoms. The summed E-state index contributed by atoms with van der Waals surface area (Å²) in [4.78, 5) is 25.5. The molecule has 4 rings (SSSR count). The van der Waals surface area contributed by atoms with E-state index in [1.165, 1.54) is 11.3 Å². The van der Waals surface area contributed by atoms with Gasteiger partial charge in [0.15, 0.2) is 0 Å². The van der Waals surface area contributed by atoms with Crippen molar-refractivity contribution in [2.24, 2.45) is 5.73 Å². The van der Waals surface area contributed by atoms with Gasteiger partial charge in [0.25, 0.3) is 5.91 Å². The lowest BCUT2D eigenvalue weighted by molar-refractivity contribution is 0.1000. The van der Waals surface area contributed by atoms with Gasteiger partial charge < -0.3 is 16.4 Å². The molecule has 2 aliphatic rings. The summed E-state index contributed by atoms with van der Waals surface area (Å²) in [6, 6.07) is 6.99. The Bertz CT molecular complexity index is 849. The van der Waals surface area contributed by atoms with Crippen LogP contribution in [0.2, 0.25) is 5.02 Å². The van der Waals surface area contributed by atoms with Gasteiger partial charge in [0, 0.05) is 27.7 Å². The first kappa shape index (κ1) is 16.4. The minimum atomic E-state index is -0.508. The van der Waals surface area contributed by atoms with E-state index in [-0.39, 0.29) is 6.04 Å². The van der Waals surface area contributed by atoms with Crippen LogP contribution in [0.15, 0.2) is 24.3 Å². The number of nitrogens with one attached hydrogen (secondary N) is 3. The molecule has 2 aliphatic heterocycles. The molecule has 1 aromatic heterocycles. The van der Waals surface area contributed by atoms with E-state index in [0.717, 1.165) is 29.7 Å². The maximum absolute atomic E-state index is 12.3. The van der Waals surface area contributed by atoms with Gasteiger partial charge in [0.05, 0.1) is 5.56 Å². The fourth-order valence-electron chi connectivity index (χ4n) is 3.57. The molecule has 130 valence electrons. The number of hydrogen-bond donors (Lipinski definition) is 4. The number of fused-ring (bicyclic) bond motifs is 4. The molecule has 8 heteroatoms. The SMILES string of the molecule is NC(=O)c1c(NC(=O)Nc2ccc(Cl)cc2)sc2c1C1CCC(C2)N1. The smallest absolute Gasteiger partial charge is 0.324 e. The number of rotatable bonds is 3. The number of anilines is 2. The predicted molar refractivity (Wildman–Crippen MR) is 99.5 cm³/mol. The lowest BCUT2D eigenvalue weighted by Gasteiger charge is -2.22. The van der Waals surface area contributed by atoms with Crippen LogP contribution in [0.3, 0.4) is 0 Å². The fourth-order valence-corrected chi connectivity index (χ4v) is 5.04. The Balaban J connectivity index is 1.58. The molecule has 0 spiro atoms. The van der Waals surface area contributed by atoms with Crippen LogP contribution in [0.25, 0.3) is 0 Å². The van der Waals surface area contributed by atoms with Gasteiger partial charge in [-0.05, 0) is 49.1 Å². The summed E-state index contributed by atoms with van der Waals surface area (Å²) in [6.45, 7) is 0. The van der Waals surface area contributed by atoms with Crippen LogP contribution in [0.4, 0.5) is 15.5 Å². The number of halogens is 1. The van der Waals surface area contributed by atoms with Crippen molar-refractivity contribution in [1.29, 1.82) is 0 Å². The second-order valence-electron chi connectivity index (χ2n) is 6.29. The summed E-state index contributed by atoms with van der Waals surface area (Å²) < 4.78 is 0. The van der Waals surface area contributed by atoms with E-state index in [0.29, 0.717) is 27.3 Å². The minimum absolute atomic E-state index is 0.155. The van der Waals surface area contributed by atoms with Gasteiger partial charge >= 0.3 is 6.03 Å². The number of benzene rings is 1. The van der Waals surface area contributed by atoms with Crippen molar-refractivity contribution in [3.63, 3.8) is 0 Å². The first-order valence-electron chi connectivity index (χ1n) is 8.06. The quantitative estimate of drug-likeness (QED) is 0.660. The normalized spacial score (nSPS) is 20.8. The third kappa shape index (κ3) is 3.10. The lowest BCUT2D eigenvalue weighted by Crippen LogP contribution is -2.32. The molecule has 3 amide bonds. The summed E-state index contributed by atoms with van der Waals surface area (Å²) >= 11 is 7.28. The van der Waals surface area contributed by atoms with Crippen molar-refractivity contribution >= 4 is 45.6 Å². The maximum Gasteiger partial charge on any atom is 0.324 e. The molecular weight excluding hydrogens is 360 g/mol. The monoisotopic (exact) mass is 376 g/mol. The van der Waals surface area contributed by atoms with E-state index >= 15 is 0 Å². The van der Waals surface area contributed by atoms with Gasteiger partial charge in [-0.1, -0.05) is 11.6 Å². The van der Waals surface area contributed by atoms with Gasteiger partial charge in [-0.3, -0.25) is 10.1 Å². The van der Waals surface area contributed by atoms with E-state index in [1.807, 2.05) is 0 Å². The van der Waals surface area contributed by atoms with Crippen LogP contribution in [-0.4, -0.2) is 18.0 Å². The van der Waals surface area contributed by atoms with Gasteiger partial charge in [-0.15, -0.1) is 11.3 Å². The Morgan fingerprint density at radius 3 is 2.68 bits per heavy atom. The van der Waals surface area contributed by atoms with Crippen molar-refractivity contribution < 1.29 is 9.59 Å². The Labute approximate surface area is 153 Å². The number of carbonyl (C=O) groups excluding carboxylic acids is 2. The van der Waals surface area contributed by atoms with Gasteiger partial charge in [0.2, 0.25) is 0 Å². The van der Waals surface area contributed by atoms with Crippen LogP contribution >= 0.6 is 22.9 Å². The van der Waals surface area contributed by atoms with Crippen LogP contribution in [0.5, 0.6) is 0 Å². The number of thiophene rings is 1. The summed E-state index contributed by atoms with van der Waals surface area (Å²) in [5.74, 6) is -0.508. The number of nitrogens with two attached hydrogens (primary N) is 1. The first-order chi connectivity index (χ1) is 12.0. The van der Waals surface area contributed by atoms with E-state index < -0.39 is 11.9 Å². The van der Waals surface area contributed by atoms with Crippen LogP contribution in [0, 0.1) is 0 Å². The van der Waals surface area contributed by atoms with Crippen molar-refractivity contribution in [2.75, 3.05) is 10.6 Å². The third-order valence-electron chi connectivity index (χ3n) is 4.62. The van der Waals surface area contributed by atoms with Crippen molar-refractivity contribution in [2.45, 2.75) is 31.3 Å². The van der Waals surface area contributed by atoms with E-state index in [2.05, 4.69) is 16.0 Å². The second-order valence-corrected chi connectivity index (χ2v) is 7.83. The minimum Gasteiger partial charge on any atom is -0.365 e. The highest BCUT2D eigenvalue weighted by Gasteiger charge is 2.38. The number of primary amides is 1. The van der Waals surface area contributed by atoms with Crippen LogP contribution in [-0.2, 0) is 6.42 Å². The number of urea groups is 1. The van der Waals surface area contributed by atoms with Gasteiger partial charge in [-0.2, -0.15) is 0 Å². The fraction of sp³-hybridized carbons (Fsp3) is 0.294. The summed E-state index contributed by atoms with van der Waals surface area (Å²) in [7, 11) is 0. The van der Waals surface area contributed by atoms with Crippen molar-refractivity contribution in [3.05, 3.63) is 45.3 Å². The topological polar surface area (TPSA) is 96.2 Å². The molecule has 0 saturated carbocycles. The van der Waals surface area contributed by atoms with Crippen molar-refractivity contribution in [3.8, 4) is 0 Å². The molecule has 0 aliphatic carbocycles. The zero-order valence-electron chi connectivity index (χ0n) is 13.3. The average molecular weight is 377 g/mol. The molecule has 0 radical (unpaired) electrons. The maximum atomic E-state index is 12.3. The first-order valence-corrected chi connectivity index (χ1v) is 9.25. The highest BCUT2D eigenvalue weighted by atomic mass is 35.5. The molecular formula is C17H17ClN4O2S. The highest BCUT2D eigenvalue weighted by molar-refractivity contribution is 7.17. The second kappa shape index (κ2) is 6.33. The molecule has 2 unspecified atom stereocenters. The largest absolute Gasteiger partial charge is 0.365 e. The molecule has 2 aromatic rings. The zero-order chi connectivity index (χ0) is 17.6. The van der Waals surface area contributed by atoms with E-state index in [1.54, 1.807) is 24.3 Å². The zero-order valence-corrected chi connectivity index (χ0v) is 14.8. The Kier molecular flexibility index (Phi) is 4.15. The van der Waals surface area contributed by atoms with Gasteiger partial charge in [-0.25, -0.2) is 4.79 Å². The molecule has 1 aromatic carbocycles. The molecule has 1 fully saturated rings.